The van der Waals surface area contributed by atoms with Crippen LogP contribution in [0, 0.1) is 0 Å². The van der Waals surface area contributed by atoms with Crippen molar-refractivity contribution in [1.82, 2.24) is 10.2 Å². The van der Waals surface area contributed by atoms with E-state index in [-0.39, 0.29) is 12.0 Å². The van der Waals surface area contributed by atoms with Crippen LogP contribution in [0.5, 0.6) is 5.75 Å². The van der Waals surface area contributed by atoms with Crippen molar-refractivity contribution >= 4 is 5.91 Å². The Morgan fingerprint density at radius 2 is 1.97 bits per heavy atom. The van der Waals surface area contributed by atoms with Gasteiger partial charge in [0.05, 0.1) is 20.3 Å². The highest BCUT2D eigenvalue weighted by molar-refractivity contribution is 5.78. The second-order valence-corrected chi connectivity index (χ2v) is 7.86. The number of rotatable bonds is 8. The second-order valence-electron chi connectivity index (χ2n) is 7.86. The monoisotopic (exact) mass is 394 g/mol. The number of likely N-dealkylation sites (tertiary alicyclic amines) is 1. The molecule has 1 N–H and O–H groups in total. The number of nitrogens with one attached hydrogen (secondary N) is 1. The summed E-state index contributed by atoms with van der Waals surface area (Å²) in [5.74, 6) is 1.14. The third kappa shape index (κ3) is 4.80. The summed E-state index contributed by atoms with van der Waals surface area (Å²) in [5, 5.41) is 3.51. The Balaban J connectivity index is 1.29. The average molecular weight is 395 g/mol. The molecule has 0 unspecified atom stereocenters. The molecular formula is C24H30N2O3. The Bertz CT molecular complexity index is 821. The molecule has 0 aromatic heterocycles. The third-order valence-corrected chi connectivity index (χ3v) is 6.05. The number of benzene rings is 2. The van der Waals surface area contributed by atoms with Gasteiger partial charge in [-0.25, -0.2) is 0 Å². The molecule has 2 aromatic rings. The highest BCUT2D eigenvalue weighted by Crippen LogP contribution is 2.31. The molecule has 2 atom stereocenters. The van der Waals surface area contributed by atoms with Crippen molar-refractivity contribution in [1.29, 1.82) is 0 Å². The van der Waals surface area contributed by atoms with Gasteiger partial charge in [0.2, 0.25) is 5.91 Å². The number of ether oxygens (including phenoxy) is 2. The molecule has 1 amide bonds. The van der Waals surface area contributed by atoms with Gasteiger partial charge in [0.15, 0.2) is 0 Å². The van der Waals surface area contributed by atoms with Gasteiger partial charge in [-0.2, -0.15) is 0 Å². The molecule has 0 spiro atoms. The third-order valence-electron chi connectivity index (χ3n) is 6.05. The van der Waals surface area contributed by atoms with Gasteiger partial charge in [-0.05, 0) is 54.6 Å². The minimum atomic E-state index is -0.00300. The van der Waals surface area contributed by atoms with E-state index in [0.29, 0.717) is 19.0 Å². The molecule has 0 radical (unpaired) electrons. The van der Waals surface area contributed by atoms with Crippen molar-refractivity contribution in [2.24, 2.45) is 0 Å². The first kappa shape index (κ1) is 19.9. The number of amides is 1. The van der Waals surface area contributed by atoms with Gasteiger partial charge in [0.1, 0.15) is 11.9 Å². The summed E-state index contributed by atoms with van der Waals surface area (Å²) in [7, 11) is 1.68. The van der Waals surface area contributed by atoms with Crippen molar-refractivity contribution in [3.8, 4) is 5.75 Å². The average Bonchev–Trinajstić information content (AvgIpc) is 3.11. The summed E-state index contributed by atoms with van der Waals surface area (Å²) in [6.07, 6.45) is 3.52. The van der Waals surface area contributed by atoms with Gasteiger partial charge in [-0.1, -0.05) is 36.4 Å². The molecule has 0 bridgehead atoms. The first-order valence-corrected chi connectivity index (χ1v) is 10.6. The van der Waals surface area contributed by atoms with E-state index in [1.165, 1.54) is 16.7 Å². The number of nitrogens with zero attached hydrogens (tertiary/aromatic N) is 1. The zero-order valence-corrected chi connectivity index (χ0v) is 17.1. The molecule has 29 heavy (non-hydrogen) atoms. The molecular weight excluding hydrogens is 364 g/mol. The van der Waals surface area contributed by atoms with Gasteiger partial charge in [0.25, 0.3) is 0 Å². The largest absolute Gasteiger partial charge is 0.497 e. The predicted octanol–water partition coefficient (Wildman–Crippen LogP) is 3.48. The second kappa shape index (κ2) is 9.42. The van der Waals surface area contributed by atoms with Crippen LogP contribution >= 0.6 is 0 Å². The molecule has 1 saturated heterocycles. The Morgan fingerprint density at radius 1 is 1.14 bits per heavy atom. The lowest BCUT2D eigenvalue weighted by Gasteiger charge is -2.32. The topological polar surface area (TPSA) is 50.8 Å². The van der Waals surface area contributed by atoms with Crippen molar-refractivity contribution in [3.05, 3.63) is 65.2 Å². The van der Waals surface area contributed by atoms with Crippen LogP contribution in [0.3, 0.4) is 0 Å². The first-order chi connectivity index (χ1) is 14.2. The van der Waals surface area contributed by atoms with Crippen molar-refractivity contribution in [3.63, 3.8) is 0 Å². The van der Waals surface area contributed by atoms with Gasteiger partial charge < -0.3 is 19.7 Å². The minimum Gasteiger partial charge on any atom is -0.497 e. The van der Waals surface area contributed by atoms with E-state index >= 15 is 0 Å². The number of hydrogen-bond donors (Lipinski definition) is 1. The number of carbonyl (C=O) groups is 1. The zero-order chi connectivity index (χ0) is 20.1. The van der Waals surface area contributed by atoms with E-state index in [1.54, 1.807) is 7.11 Å². The number of carbonyl (C=O) groups excluding carboxylic acids is 1. The summed E-state index contributed by atoms with van der Waals surface area (Å²) in [5.41, 5.74) is 3.83. The smallest absolute Gasteiger partial charge is 0.222 e. The zero-order valence-electron chi connectivity index (χ0n) is 17.1. The quantitative estimate of drug-likeness (QED) is 0.697. The van der Waals surface area contributed by atoms with Crippen LogP contribution in [-0.4, -0.2) is 43.7 Å². The SMILES string of the molecule is COc1ccc(CNCC[C@H]2CCC(=O)N2C[C@@H]2OCCc3ccccc32)cc1. The van der Waals surface area contributed by atoms with Crippen LogP contribution in [0.2, 0.25) is 0 Å². The molecule has 4 rings (SSSR count). The van der Waals surface area contributed by atoms with Crippen LogP contribution < -0.4 is 10.1 Å². The summed E-state index contributed by atoms with van der Waals surface area (Å²) < 4.78 is 11.2. The lowest BCUT2D eigenvalue weighted by Crippen LogP contribution is -2.39. The normalized spacial score (nSPS) is 21.3. The van der Waals surface area contributed by atoms with E-state index < -0.39 is 0 Å². The lowest BCUT2D eigenvalue weighted by atomic mass is 9.97. The highest BCUT2D eigenvalue weighted by Gasteiger charge is 2.34. The maximum atomic E-state index is 12.5. The van der Waals surface area contributed by atoms with Crippen molar-refractivity contribution in [2.75, 3.05) is 26.8 Å². The van der Waals surface area contributed by atoms with Crippen LogP contribution in [-0.2, 0) is 22.5 Å². The van der Waals surface area contributed by atoms with E-state index in [2.05, 4.69) is 46.6 Å². The molecule has 2 aliphatic heterocycles. The van der Waals surface area contributed by atoms with Gasteiger partial charge in [0, 0.05) is 19.0 Å². The molecule has 5 nitrogen and oxygen atoms in total. The molecule has 154 valence electrons. The van der Waals surface area contributed by atoms with Crippen LogP contribution in [0.4, 0.5) is 0 Å². The Hall–Kier alpha value is -2.37. The Kier molecular flexibility index (Phi) is 6.47. The lowest BCUT2D eigenvalue weighted by molar-refractivity contribution is -0.131. The van der Waals surface area contributed by atoms with Gasteiger partial charge >= 0.3 is 0 Å². The molecule has 2 heterocycles. The van der Waals surface area contributed by atoms with Crippen LogP contribution in [0.25, 0.3) is 0 Å². The summed E-state index contributed by atoms with van der Waals surface area (Å²) in [6, 6.07) is 16.9. The minimum absolute atomic E-state index is 0.00300. The van der Waals surface area contributed by atoms with Crippen molar-refractivity contribution in [2.45, 2.75) is 44.4 Å². The summed E-state index contributed by atoms with van der Waals surface area (Å²) >= 11 is 0. The fourth-order valence-electron chi connectivity index (χ4n) is 4.40. The summed E-state index contributed by atoms with van der Waals surface area (Å²) in [6.45, 7) is 3.11. The standard InChI is InChI=1S/C24H30N2O3/c1-28-21-9-6-18(7-10-21)16-25-14-12-20-8-11-24(27)26(20)17-23-22-5-3-2-4-19(22)13-15-29-23/h2-7,9-10,20,23,25H,8,11-17H2,1H3/t20-,23+/m1/s1. The first-order valence-electron chi connectivity index (χ1n) is 10.6. The molecule has 2 aliphatic rings. The Labute approximate surface area is 173 Å². The highest BCUT2D eigenvalue weighted by atomic mass is 16.5. The molecule has 0 aliphatic carbocycles. The maximum absolute atomic E-state index is 12.5. The van der Waals surface area contributed by atoms with E-state index in [9.17, 15) is 4.79 Å². The number of methoxy groups -OCH3 is 1. The molecule has 1 fully saturated rings. The van der Waals surface area contributed by atoms with Crippen molar-refractivity contribution < 1.29 is 14.3 Å². The molecule has 2 aromatic carbocycles. The Morgan fingerprint density at radius 3 is 2.79 bits per heavy atom. The maximum Gasteiger partial charge on any atom is 0.222 e. The van der Waals surface area contributed by atoms with E-state index in [0.717, 1.165) is 44.7 Å². The van der Waals surface area contributed by atoms with Crippen LogP contribution in [0.15, 0.2) is 48.5 Å². The van der Waals surface area contributed by atoms with Gasteiger partial charge in [-0.15, -0.1) is 0 Å². The predicted molar refractivity (Wildman–Crippen MR) is 113 cm³/mol. The fourth-order valence-corrected chi connectivity index (χ4v) is 4.40. The summed E-state index contributed by atoms with van der Waals surface area (Å²) in [4.78, 5) is 14.6. The molecule has 5 heteroatoms. The molecule has 0 saturated carbocycles. The number of fused-ring (bicyclic) bond motifs is 1. The van der Waals surface area contributed by atoms with Gasteiger partial charge in [-0.3, -0.25) is 4.79 Å². The van der Waals surface area contributed by atoms with Crippen LogP contribution in [0.1, 0.15) is 42.1 Å². The van der Waals surface area contributed by atoms with E-state index in [4.69, 9.17) is 9.47 Å². The number of hydrogen-bond acceptors (Lipinski definition) is 4. The fraction of sp³-hybridized carbons (Fsp3) is 0.458. The van der Waals surface area contributed by atoms with E-state index in [1.807, 2.05) is 12.1 Å².